The van der Waals surface area contributed by atoms with Crippen LogP contribution in [-0.2, 0) is 11.3 Å². The molecule has 7 heteroatoms. The van der Waals surface area contributed by atoms with E-state index in [1.54, 1.807) is 11.0 Å². The van der Waals surface area contributed by atoms with Crippen LogP contribution in [0.1, 0.15) is 59.8 Å². The quantitative estimate of drug-likeness (QED) is 0.437. The average molecular weight is 542 g/mol. The molecule has 210 valence electrons. The topological polar surface area (TPSA) is 84.3 Å². The summed E-state index contributed by atoms with van der Waals surface area (Å²) >= 11 is 0. The molecular formula is C33H39N3O4. The fourth-order valence-corrected chi connectivity index (χ4v) is 6.21. The van der Waals surface area contributed by atoms with Crippen LogP contribution >= 0.6 is 0 Å². The first kappa shape index (κ1) is 27.9. The number of rotatable bonds is 7. The maximum atomic E-state index is 13.2. The summed E-state index contributed by atoms with van der Waals surface area (Å²) in [6, 6.07) is 26.4. The Bertz CT molecular complexity index is 1300. The predicted octanol–water partition coefficient (Wildman–Crippen LogP) is 5.01. The van der Waals surface area contributed by atoms with Gasteiger partial charge in [0.25, 0.3) is 5.91 Å². The van der Waals surface area contributed by atoms with Crippen LogP contribution in [0.25, 0.3) is 0 Å². The van der Waals surface area contributed by atoms with Gasteiger partial charge in [-0.2, -0.15) is 0 Å². The van der Waals surface area contributed by atoms with E-state index in [4.69, 9.17) is 0 Å². The maximum Gasteiger partial charge on any atom is 0.306 e. The van der Waals surface area contributed by atoms with Crippen molar-refractivity contribution in [1.29, 1.82) is 0 Å². The number of hydrogen-bond acceptors (Lipinski definition) is 5. The molecule has 3 aromatic carbocycles. The molecule has 0 spiro atoms. The van der Waals surface area contributed by atoms with Gasteiger partial charge in [-0.1, -0.05) is 54.6 Å². The first-order chi connectivity index (χ1) is 19.3. The van der Waals surface area contributed by atoms with E-state index < -0.39 is 5.97 Å². The van der Waals surface area contributed by atoms with Crippen molar-refractivity contribution in [2.24, 2.45) is 5.92 Å². The minimum Gasteiger partial charge on any atom is -0.508 e. The molecular weight excluding hydrogens is 502 g/mol. The summed E-state index contributed by atoms with van der Waals surface area (Å²) in [5, 5.41) is 19.6. The zero-order valence-corrected chi connectivity index (χ0v) is 23.3. The number of piperidine rings is 1. The monoisotopic (exact) mass is 541 g/mol. The molecule has 1 amide bonds. The van der Waals surface area contributed by atoms with E-state index in [-0.39, 0.29) is 29.7 Å². The number of carboxylic acid groups (broad SMARTS) is 1. The lowest BCUT2D eigenvalue weighted by Crippen LogP contribution is -2.56. The van der Waals surface area contributed by atoms with Gasteiger partial charge in [-0.3, -0.25) is 19.4 Å². The molecule has 5 rings (SSSR count). The van der Waals surface area contributed by atoms with Gasteiger partial charge >= 0.3 is 5.97 Å². The van der Waals surface area contributed by atoms with E-state index in [1.807, 2.05) is 42.5 Å². The van der Waals surface area contributed by atoms with Crippen LogP contribution in [0.15, 0.2) is 78.9 Å². The van der Waals surface area contributed by atoms with Gasteiger partial charge in [0, 0.05) is 50.4 Å². The highest BCUT2D eigenvalue weighted by Gasteiger charge is 2.35. The fraction of sp³-hybridized carbons (Fsp3) is 0.394. The lowest BCUT2D eigenvalue weighted by atomic mass is 9.92. The van der Waals surface area contributed by atoms with Crippen molar-refractivity contribution in [1.82, 2.24) is 14.7 Å². The number of nitrogens with zero attached hydrogens (tertiary/aromatic N) is 3. The molecule has 2 aliphatic heterocycles. The van der Waals surface area contributed by atoms with E-state index in [2.05, 4.69) is 54.0 Å². The van der Waals surface area contributed by atoms with Crippen molar-refractivity contribution in [3.8, 4) is 5.75 Å². The van der Waals surface area contributed by atoms with Crippen LogP contribution in [0.4, 0.5) is 0 Å². The van der Waals surface area contributed by atoms with Crippen molar-refractivity contribution in [2.75, 3.05) is 26.2 Å². The number of carbonyl (C=O) groups is 2. The molecule has 2 heterocycles. The number of hydrogen-bond donors (Lipinski definition) is 2. The number of aliphatic carboxylic acids is 1. The number of carbonyl (C=O) groups excluding carboxylic acids is 1. The van der Waals surface area contributed by atoms with Crippen molar-refractivity contribution >= 4 is 11.9 Å². The van der Waals surface area contributed by atoms with Crippen LogP contribution < -0.4 is 0 Å². The van der Waals surface area contributed by atoms with E-state index in [0.717, 1.165) is 30.8 Å². The smallest absolute Gasteiger partial charge is 0.306 e. The van der Waals surface area contributed by atoms with Crippen molar-refractivity contribution in [3.63, 3.8) is 0 Å². The third-order valence-corrected chi connectivity index (χ3v) is 8.51. The summed E-state index contributed by atoms with van der Waals surface area (Å²) in [5.74, 6) is -0.964. The zero-order chi connectivity index (χ0) is 28.2. The molecule has 2 N–H and O–H groups in total. The summed E-state index contributed by atoms with van der Waals surface area (Å²) in [4.78, 5) is 31.3. The lowest BCUT2D eigenvalue weighted by Gasteiger charge is -2.47. The summed E-state index contributed by atoms with van der Waals surface area (Å²) in [6.07, 6.45) is 0.982. The Morgan fingerprint density at radius 3 is 2.20 bits per heavy atom. The molecule has 2 saturated heterocycles. The molecule has 40 heavy (non-hydrogen) atoms. The first-order valence-electron chi connectivity index (χ1n) is 14.2. The number of benzene rings is 3. The Kier molecular flexibility index (Phi) is 8.52. The molecule has 2 fully saturated rings. The van der Waals surface area contributed by atoms with E-state index in [0.29, 0.717) is 37.5 Å². The minimum absolute atomic E-state index is 0.0548. The summed E-state index contributed by atoms with van der Waals surface area (Å²) in [6.45, 7) is 8.17. The third-order valence-electron chi connectivity index (χ3n) is 8.51. The number of phenols is 1. The van der Waals surface area contributed by atoms with Gasteiger partial charge in [-0.05, 0) is 67.6 Å². The third kappa shape index (κ3) is 6.21. The molecule has 7 nitrogen and oxygen atoms in total. The highest BCUT2D eigenvalue weighted by Crippen LogP contribution is 2.35. The number of phenolic OH excluding ortho intramolecular Hbond substituents is 1. The number of amides is 1. The Morgan fingerprint density at radius 2 is 1.55 bits per heavy atom. The second-order valence-corrected chi connectivity index (χ2v) is 11.3. The fourth-order valence-electron chi connectivity index (χ4n) is 6.21. The van der Waals surface area contributed by atoms with E-state index in [1.165, 1.54) is 5.56 Å². The standard InChI is InChI=1S/C33H39N3O4/c1-23-21-36(24(2)20-35(23)22-25-7-4-3-5-8-25)31(29-9-6-10-30(37)19-29)26-11-13-27(14-12-26)32(38)34-17-15-28(16-18-34)33(39)40/h3-14,19,23-24,28,31,37H,15-18,20-22H2,1-2H3,(H,39,40)/t23-,24-,31?/m1/s1. The van der Waals surface area contributed by atoms with Crippen molar-refractivity contribution in [2.45, 2.75) is 51.4 Å². The summed E-state index contributed by atoms with van der Waals surface area (Å²) in [5.41, 5.74) is 4.01. The highest BCUT2D eigenvalue weighted by atomic mass is 16.4. The van der Waals surface area contributed by atoms with Gasteiger partial charge in [0.15, 0.2) is 0 Å². The highest BCUT2D eigenvalue weighted by molar-refractivity contribution is 5.94. The molecule has 0 aromatic heterocycles. The second kappa shape index (κ2) is 12.2. The minimum atomic E-state index is -0.779. The first-order valence-corrected chi connectivity index (χ1v) is 14.2. The van der Waals surface area contributed by atoms with Crippen LogP contribution in [0, 0.1) is 5.92 Å². The van der Waals surface area contributed by atoms with Gasteiger partial charge < -0.3 is 15.1 Å². The van der Waals surface area contributed by atoms with Crippen molar-refractivity contribution < 1.29 is 19.8 Å². The zero-order valence-electron chi connectivity index (χ0n) is 23.3. The lowest BCUT2D eigenvalue weighted by molar-refractivity contribution is -0.143. The number of piperazine rings is 1. The van der Waals surface area contributed by atoms with E-state index >= 15 is 0 Å². The molecule has 0 saturated carbocycles. The van der Waals surface area contributed by atoms with Gasteiger partial charge in [-0.15, -0.1) is 0 Å². The number of aromatic hydroxyl groups is 1. The second-order valence-electron chi connectivity index (χ2n) is 11.3. The van der Waals surface area contributed by atoms with E-state index in [9.17, 15) is 19.8 Å². The maximum absolute atomic E-state index is 13.2. The van der Waals surface area contributed by atoms with Gasteiger partial charge in [0.05, 0.1) is 12.0 Å². The molecule has 0 bridgehead atoms. The Hall–Kier alpha value is -3.68. The Balaban J connectivity index is 1.36. The molecule has 1 unspecified atom stereocenters. The van der Waals surface area contributed by atoms with Crippen LogP contribution in [0.2, 0.25) is 0 Å². The van der Waals surface area contributed by atoms with Crippen LogP contribution in [-0.4, -0.2) is 75.1 Å². The number of likely N-dealkylation sites (tertiary alicyclic amines) is 1. The normalized spacial score (nSPS) is 21.7. The molecule has 0 radical (unpaired) electrons. The molecule has 3 aromatic rings. The van der Waals surface area contributed by atoms with Gasteiger partial charge in [-0.25, -0.2) is 0 Å². The number of carboxylic acids is 1. The largest absolute Gasteiger partial charge is 0.508 e. The Labute approximate surface area is 236 Å². The molecule has 0 aliphatic carbocycles. The van der Waals surface area contributed by atoms with Crippen molar-refractivity contribution in [3.05, 3.63) is 101 Å². The summed E-state index contributed by atoms with van der Waals surface area (Å²) in [7, 11) is 0. The average Bonchev–Trinajstić information content (AvgIpc) is 2.96. The summed E-state index contributed by atoms with van der Waals surface area (Å²) < 4.78 is 0. The Morgan fingerprint density at radius 1 is 0.850 bits per heavy atom. The van der Waals surface area contributed by atoms with Crippen LogP contribution in [0.5, 0.6) is 5.75 Å². The molecule has 2 aliphatic rings. The SMILES string of the molecule is C[C@@H]1CN(C(c2ccc(C(=O)N3CCC(C(=O)O)CC3)cc2)c2cccc(O)c2)[C@H](C)CN1Cc1ccccc1. The van der Waals surface area contributed by atoms with Crippen LogP contribution in [0.3, 0.4) is 0 Å². The van der Waals surface area contributed by atoms with Gasteiger partial charge in [0.1, 0.15) is 5.75 Å². The predicted molar refractivity (Wildman–Crippen MR) is 155 cm³/mol. The van der Waals surface area contributed by atoms with Gasteiger partial charge in [0.2, 0.25) is 0 Å². The molecule has 3 atom stereocenters.